The van der Waals surface area contributed by atoms with Crippen molar-refractivity contribution >= 4 is 17.6 Å². The van der Waals surface area contributed by atoms with E-state index in [0.29, 0.717) is 12.1 Å². The van der Waals surface area contributed by atoms with Crippen LogP contribution in [0.25, 0.3) is 0 Å². The SMILES string of the molecule is CC(C)C[C@@H](NC(=O)C(C)(C)c1ccc(N)cc1)C(=O)O. The van der Waals surface area contributed by atoms with E-state index >= 15 is 0 Å². The van der Waals surface area contributed by atoms with Crippen molar-refractivity contribution in [1.82, 2.24) is 5.32 Å². The molecule has 0 spiro atoms. The van der Waals surface area contributed by atoms with Crippen LogP contribution in [0.5, 0.6) is 0 Å². The molecule has 0 aromatic heterocycles. The first-order chi connectivity index (χ1) is 9.64. The zero-order chi connectivity index (χ0) is 16.2. The van der Waals surface area contributed by atoms with Gasteiger partial charge in [0.15, 0.2) is 0 Å². The molecule has 116 valence electrons. The molecule has 0 aliphatic rings. The lowest BCUT2D eigenvalue weighted by molar-refractivity contribution is -0.143. The van der Waals surface area contributed by atoms with Crippen LogP contribution in [0.3, 0.4) is 0 Å². The molecule has 4 N–H and O–H groups in total. The molecule has 1 aromatic rings. The Morgan fingerprint density at radius 2 is 1.76 bits per heavy atom. The summed E-state index contributed by atoms with van der Waals surface area (Å²) in [6.07, 6.45) is 0.402. The quantitative estimate of drug-likeness (QED) is 0.700. The largest absolute Gasteiger partial charge is 0.480 e. The molecule has 1 atom stereocenters. The minimum absolute atomic E-state index is 0.186. The molecule has 0 radical (unpaired) electrons. The van der Waals surface area contributed by atoms with E-state index in [1.165, 1.54) is 0 Å². The molecular formula is C16H24N2O3. The summed E-state index contributed by atoms with van der Waals surface area (Å²) in [6.45, 7) is 7.38. The number of aliphatic carboxylic acids is 1. The van der Waals surface area contributed by atoms with Crippen molar-refractivity contribution in [3.05, 3.63) is 29.8 Å². The second kappa shape index (κ2) is 6.61. The fraction of sp³-hybridized carbons (Fsp3) is 0.500. The lowest BCUT2D eigenvalue weighted by Gasteiger charge is -2.27. The van der Waals surface area contributed by atoms with Gasteiger partial charge in [-0.15, -0.1) is 0 Å². The van der Waals surface area contributed by atoms with Crippen molar-refractivity contribution < 1.29 is 14.7 Å². The first-order valence-electron chi connectivity index (χ1n) is 7.04. The lowest BCUT2D eigenvalue weighted by Crippen LogP contribution is -2.48. The molecule has 0 fully saturated rings. The van der Waals surface area contributed by atoms with Crippen molar-refractivity contribution in [1.29, 1.82) is 0 Å². The fourth-order valence-corrected chi connectivity index (χ4v) is 2.06. The van der Waals surface area contributed by atoms with E-state index in [1.807, 2.05) is 13.8 Å². The Labute approximate surface area is 125 Å². The summed E-state index contributed by atoms with van der Waals surface area (Å²) in [5.74, 6) is -1.13. The first kappa shape index (κ1) is 17.0. The summed E-state index contributed by atoms with van der Waals surface area (Å²) in [7, 11) is 0. The number of hydrogen-bond donors (Lipinski definition) is 3. The third kappa shape index (κ3) is 4.48. The van der Waals surface area contributed by atoms with Crippen LogP contribution in [-0.4, -0.2) is 23.0 Å². The van der Waals surface area contributed by atoms with Gasteiger partial charge in [-0.2, -0.15) is 0 Å². The number of benzene rings is 1. The van der Waals surface area contributed by atoms with E-state index in [2.05, 4.69) is 5.32 Å². The Bertz CT molecular complexity index is 507. The van der Waals surface area contributed by atoms with Gasteiger partial charge < -0.3 is 16.2 Å². The van der Waals surface area contributed by atoms with Gasteiger partial charge in [-0.3, -0.25) is 4.79 Å². The van der Waals surface area contributed by atoms with Crippen LogP contribution < -0.4 is 11.1 Å². The summed E-state index contributed by atoms with van der Waals surface area (Å²) < 4.78 is 0. The molecule has 0 saturated heterocycles. The standard InChI is InChI=1S/C16H24N2O3/c1-10(2)9-13(14(19)20)18-15(21)16(3,4)11-5-7-12(17)8-6-11/h5-8,10,13H,9,17H2,1-4H3,(H,18,21)(H,19,20)/t13-/m1/s1. The number of nitrogen functional groups attached to an aromatic ring is 1. The van der Waals surface area contributed by atoms with Crippen LogP contribution in [0.4, 0.5) is 5.69 Å². The Balaban J connectivity index is 2.89. The summed E-state index contributed by atoms with van der Waals surface area (Å²) >= 11 is 0. The maximum atomic E-state index is 12.4. The molecule has 1 amide bonds. The van der Waals surface area contributed by atoms with Gasteiger partial charge in [0.2, 0.25) is 5.91 Å². The molecular weight excluding hydrogens is 268 g/mol. The van der Waals surface area contributed by atoms with Gasteiger partial charge in [-0.05, 0) is 43.9 Å². The monoisotopic (exact) mass is 292 g/mol. The molecule has 5 nitrogen and oxygen atoms in total. The summed E-state index contributed by atoms with van der Waals surface area (Å²) in [4.78, 5) is 23.7. The third-order valence-electron chi connectivity index (χ3n) is 3.51. The Morgan fingerprint density at radius 1 is 1.24 bits per heavy atom. The van der Waals surface area contributed by atoms with Gasteiger partial charge in [0.05, 0.1) is 5.41 Å². The van der Waals surface area contributed by atoms with E-state index in [4.69, 9.17) is 5.73 Å². The highest BCUT2D eigenvalue weighted by atomic mass is 16.4. The summed E-state index contributed by atoms with van der Waals surface area (Å²) in [5.41, 5.74) is 6.24. The Kier molecular flexibility index (Phi) is 5.35. The summed E-state index contributed by atoms with van der Waals surface area (Å²) in [5, 5.41) is 11.8. The van der Waals surface area contributed by atoms with Gasteiger partial charge in [-0.25, -0.2) is 4.79 Å². The molecule has 0 unspecified atom stereocenters. The maximum absolute atomic E-state index is 12.4. The molecule has 21 heavy (non-hydrogen) atoms. The number of nitrogens with one attached hydrogen (secondary N) is 1. The van der Waals surface area contributed by atoms with E-state index in [0.717, 1.165) is 5.56 Å². The van der Waals surface area contributed by atoms with Crippen molar-refractivity contribution in [2.45, 2.75) is 45.6 Å². The fourth-order valence-electron chi connectivity index (χ4n) is 2.06. The minimum atomic E-state index is -1.01. The topological polar surface area (TPSA) is 92.4 Å². The Hall–Kier alpha value is -2.04. The summed E-state index contributed by atoms with van der Waals surface area (Å²) in [6, 6.07) is 6.16. The van der Waals surface area contributed by atoms with Crippen molar-refractivity contribution in [3.8, 4) is 0 Å². The van der Waals surface area contributed by atoms with Crippen LogP contribution in [0, 0.1) is 5.92 Å². The number of hydrogen-bond acceptors (Lipinski definition) is 3. The van der Waals surface area contributed by atoms with Crippen LogP contribution in [0.2, 0.25) is 0 Å². The van der Waals surface area contributed by atoms with E-state index in [1.54, 1.807) is 38.1 Å². The molecule has 1 rings (SSSR count). The van der Waals surface area contributed by atoms with Gasteiger partial charge in [-0.1, -0.05) is 26.0 Å². The second-order valence-electron chi connectivity index (χ2n) is 6.24. The van der Waals surface area contributed by atoms with Crippen molar-refractivity contribution in [3.63, 3.8) is 0 Å². The maximum Gasteiger partial charge on any atom is 0.326 e. The molecule has 0 saturated carbocycles. The molecule has 1 aromatic carbocycles. The Morgan fingerprint density at radius 3 is 2.19 bits per heavy atom. The van der Waals surface area contributed by atoms with Crippen LogP contribution >= 0.6 is 0 Å². The average molecular weight is 292 g/mol. The zero-order valence-electron chi connectivity index (χ0n) is 13.0. The second-order valence-corrected chi connectivity index (χ2v) is 6.24. The molecule has 0 bridgehead atoms. The van der Waals surface area contributed by atoms with Crippen LogP contribution in [0.15, 0.2) is 24.3 Å². The predicted molar refractivity (Wildman–Crippen MR) is 82.9 cm³/mol. The number of amides is 1. The number of carboxylic acid groups (broad SMARTS) is 1. The normalized spacial score (nSPS) is 13.0. The van der Waals surface area contributed by atoms with Crippen molar-refractivity contribution in [2.75, 3.05) is 5.73 Å². The lowest BCUT2D eigenvalue weighted by atomic mass is 9.83. The minimum Gasteiger partial charge on any atom is -0.480 e. The van der Waals surface area contributed by atoms with Crippen molar-refractivity contribution in [2.24, 2.45) is 5.92 Å². The smallest absolute Gasteiger partial charge is 0.326 e. The number of carbonyl (C=O) groups excluding carboxylic acids is 1. The number of carboxylic acids is 1. The van der Waals surface area contributed by atoms with E-state index < -0.39 is 17.4 Å². The molecule has 0 aliphatic carbocycles. The number of anilines is 1. The highest BCUT2D eigenvalue weighted by Crippen LogP contribution is 2.24. The average Bonchev–Trinajstić information content (AvgIpc) is 2.37. The van der Waals surface area contributed by atoms with E-state index in [-0.39, 0.29) is 11.8 Å². The van der Waals surface area contributed by atoms with Gasteiger partial charge in [0.25, 0.3) is 0 Å². The highest BCUT2D eigenvalue weighted by Gasteiger charge is 2.33. The number of rotatable bonds is 6. The van der Waals surface area contributed by atoms with E-state index in [9.17, 15) is 14.7 Å². The highest BCUT2D eigenvalue weighted by molar-refractivity contribution is 5.90. The number of carbonyl (C=O) groups is 2. The molecule has 0 aliphatic heterocycles. The number of nitrogens with two attached hydrogens (primary N) is 1. The molecule has 5 heteroatoms. The first-order valence-corrected chi connectivity index (χ1v) is 7.04. The van der Waals surface area contributed by atoms with Crippen LogP contribution in [-0.2, 0) is 15.0 Å². The predicted octanol–water partition coefficient (Wildman–Crippen LogP) is 2.16. The third-order valence-corrected chi connectivity index (χ3v) is 3.51. The van der Waals surface area contributed by atoms with Crippen LogP contribution in [0.1, 0.15) is 39.7 Å². The zero-order valence-corrected chi connectivity index (χ0v) is 13.0. The van der Waals surface area contributed by atoms with Gasteiger partial charge in [0.1, 0.15) is 6.04 Å². The van der Waals surface area contributed by atoms with Gasteiger partial charge >= 0.3 is 5.97 Å². The van der Waals surface area contributed by atoms with Gasteiger partial charge in [0, 0.05) is 5.69 Å². The molecule has 0 heterocycles.